The lowest BCUT2D eigenvalue weighted by molar-refractivity contribution is -0.383. The highest BCUT2D eigenvalue weighted by atomic mass is 16.6. The number of nitro groups is 1. The maximum atomic E-state index is 11.3. The molecule has 1 aromatic carbocycles. The monoisotopic (exact) mass is 315 g/mol. The molecule has 0 amide bonds. The standard InChI is InChI=1S/C13H21N3O6/c1-21-6-7-22-10-8-11(14-2-4-17)13(16(19)20)12(9-10)15-3-5-18/h8-9,14-15,17-18H,2-7H2,1H3. The zero-order chi connectivity index (χ0) is 16.4. The second-order valence-electron chi connectivity index (χ2n) is 4.27. The van der Waals surface area contributed by atoms with E-state index < -0.39 is 4.92 Å². The van der Waals surface area contributed by atoms with Crippen LogP contribution in [0.3, 0.4) is 0 Å². The molecule has 0 radical (unpaired) electrons. The first-order valence-electron chi connectivity index (χ1n) is 6.77. The van der Waals surface area contributed by atoms with Crippen molar-refractivity contribution < 1.29 is 24.6 Å². The van der Waals surface area contributed by atoms with Crippen LogP contribution in [-0.2, 0) is 4.74 Å². The second kappa shape index (κ2) is 9.77. The highest BCUT2D eigenvalue weighted by Gasteiger charge is 2.21. The normalized spacial score (nSPS) is 10.3. The Morgan fingerprint density at radius 1 is 1.14 bits per heavy atom. The van der Waals surface area contributed by atoms with Crippen molar-refractivity contribution in [3.63, 3.8) is 0 Å². The van der Waals surface area contributed by atoms with Crippen molar-refractivity contribution in [2.75, 3.05) is 57.3 Å². The van der Waals surface area contributed by atoms with E-state index in [0.717, 1.165) is 0 Å². The van der Waals surface area contributed by atoms with Gasteiger partial charge in [-0.3, -0.25) is 10.1 Å². The summed E-state index contributed by atoms with van der Waals surface area (Å²) in [4.78, 5) is 10.8. The Kier molecular flexibility index (Phi) is 7.97. The predicted molar refractivity (Wildman–Crippen MR) is 81.6 cm³/mol. The topological polar surface area (TPSA) is 126 Å². The Balaban J connectivity index is 3.11. The minimum absolute atomic E-state index is 0.161. The third-order valence-electron chi connectivity index (χ3n) is 2.68. The van der Waals surface area contributed by atoms with Crippen LogP contribution in [0.1, 0.15) is 0 Å². The van der Waals surface area contributed by atoms with Crippen LogP contribution in [0.25, 0.3) is 0 Å². The average Bonchev–Trinajstić information content (AvgIpc) is 2.50. The van der Waals surface area contributed by atoms with E-state index in [1.807, 2.05) is 0 Å². The molecule has 9 nitrogen and oxygen atoms in total. The molecule has 0 saturated carbocycles. The van der Waals surface area contributed by atoms with E-state index in [0.29, 0.717) is 19.0 Å². The third kappa shape index (κ3) is 5.35. The Morgan fingerprint density at radius 2 is 1.68 bits per heavy atom. The van der Waals surface area contributed by atoms with Crippen LogP contribution >= 0.6 is 0 Å². The summed E-state index contributed by atoms with van der Waals surface area (Å²) < 4.78 is 10.4. The van der Waals surface area contributed by atoms with Crippen molar-refractivity contribution in [3.05, 3.63) is 22.2 Å². The fourth-order valence-corrected chi connectivity index (χ4v) is 1.78. The lowest BCUT2D eigenvalue weighted by atomic mass is 10.2. The molecule has 0 aliphatic carbocycles. The molecule has 22 heavy (non-hydrogen) atoms. The second-order valence-corrected chi connectivity index (χ2v) is 4.27. The molecule has 9 heteroatoms. The average molecular weight is 315 g/mol. The number of aliphatic hydroxyl groups is 2. The first-order chi connectivity index (χ1) is 10.6. The van der Waals surface area contributed by atoms with Gasteiger partial charge in [-0.2, -0.15) is 0 Å². The molecule has 0 unspecified atom stereocenters. The minimum atomic E-state index is -0.529. The quantitative estimate of drug-likeness (QED) is 0.263. The number of rotatable bonds is 11. The lowest BCUT2D eigenvalue weighted by Gasteiger charge is -2.14. The number of nitrogens with zero attached hydrogens (tertiary/aromatic N) is 1. The van der Waals surface area contributed by atoms with E-state index in [2.05, 4.69) is 10.6 Å². The molecule has 124 valence electrons. The fourth-order valence-electron chi connectivity index (χ4n) is 1.78. The summed E-state index contributed by atoms with van der Waals surface area (Å²) in [6.07, 6.45) is 0. The van der Waals surface area contributed by atoms with E-state index in [4.69, 9.17) is 19.7 Å². The van der Waals surface area contributed by atoms with Gasteiger partial charge in [0.25, 0.3) is 0 Å². The van der Waals surface area contributed by atoms with Gasteiger partial charge in [0.2, 0.25) is 0 Å². The summed E-state index contributed by atoms with van der Waals surface area (Å²) in [5.74, 6) is 0.420. The van der Waals surface area contributed by atoms with Crippen molar-refractivity contribution in [3.8, 4) is 5.75 Å². The smallest absolute Gasteiger partial charge is 0.315 e. The Morgan fingerprint density at radius 3 is 2.09 bits per heavy atom. The molecule has 0 atom stereocenters. The van der Waals surface area contributed by atoms with Gasteiger partial charge in [0.1, 0.15) is 23.7 Å². The molecule has 1 aromatic rings. The number of anilines is 2. The van der Waals surface area contributed by atoms with Crippen molar-refractivity contribution in [2.24, 2.45) is 0 Å². The molecule has 4 N–H and O–H groups in total. The summed E-state index contributed by atoms with van der Waals surface area (Å²) in [6, 6.07) is 2.99. The third-order valence-corrected chi connectivity index (χ3v) is 2.68. The zero-order valence-corrected chi connectivity index (χ0v) is 12.4. The number of hydrogen-bond donors (Lipinski definition) is 4. The van der Waals surface area contributed by atoms with E-state index in [1.165, 1.54) is 12.1 Å². The van der Waals surface area contributed by atoms with Crippen molar-refractivity contribution in [1.82, 2.24) is 0 Å². The number of ether oxygens (including phenoxy) is 2. The summed E-state index contributed by atoms with van der Waals surface area (Å²) in [6.45, 7) is 0.698. The number of hydrogen-bond acceptors (Lipinski definition) is 8. The highest BCUT2D eigenvalue weighted by Crippen LogP contribution is 2.37. The van der Waals surface area contributed by atoms with E-state index >= 15 is 0 Å². The van der Waals surface area contributed by atoms with E-state index in [-0.39, 0.29) is 43.4 Å². The van der Waals surface area contributed by atoms with Gasteiger partial charge >= 0.3 is 5.69 Å². The molecule has 0 fully saturated rings. The molecular weight excluding hydrogens is 294 g/mol. The molecular formula is C13H21N3O6. The van der Waals surface area contributed by atoms with Gasteiger partial charge in [-0.15, -0.1) is 0 Å². The van der Waals surface area contributed by atoms with Gasteiger partial charge in [-0.05, 0) is 0 Å². The lowest BCUT2D eigenvalue weighted by Crippen LogP contribution is -2.12. The van der Waals surface area contributed by atoms with Crippen LogP contribution in [0.15, 0.2) is 12.1 Å². The molecule has 0 aromatic heterocycles. The first kappa shape index (κ1) is 18.0. The van der Waals surface area contributed by atoms with Gasteiger partial charge in [0.15, 0.2) is 0 Å². The number of aliphatic hydroxyl groups excluding tert-OH is 2. The van der Waals surface area contributed by atoms with Gasteiger partial charge in [-0.1, -0.05) is 0 Å². The molecule has 0 bridgehead atoms. The predicted octanol–water partition coefficient (Wildman–Crippen LogP) is 0.428. The van der Waals surface area contributed by atoms with Crippen LogP contribution in [0.5, 0.6) is 5.75 Å². The molecule has 1 rings (SSSR count). The van der Waals surface area contributed by atoms with Crippen molar-refractivity contribution in [1.29, 1.82) is 0 Å². The van der Waals surface area contributed by atoms with Crippen LogP contribution < -0.4 is 15.4 Å². The summed E-state index contributed by atoms with van der Waals surface area (Å²) in [5.41, 5.74) is 0.296. The maximum Gasteiger partial charge on any atom is 0.315 e. The Labute approximate surface area is 128 Å². The van der Waals surface area contributed by atoms with Crippen molar-refractivity contribution >= 4 is 17.1 Å². The molecule has 0 aliphatic heterocycles. The van der Waals surface area contributed by atoms with Gasteiger partial charge < -0.3 is 30.3 Å². The van der Waals surface area contributed by atoms with Gasteiger partial charge in [0.05, 0.1) is 24.7 Å². The van der Waals surface area contributed by atoms with Crippen molar-refractivity contribution in [2.45, 2.75) is 0 Å². The fraction of sp³-hybridized carbons (Fsp3) is 0.538. The molecule has 0 aliphatic rings. The largest absolute Gasteiger partial charge is 0.491 e. The van der Waals surface area contributed by atoms with Gasteiger partial charge in [0, 0.05) is 32.3 Å². The van der Waals surface area contributed by atoms with E-state index in [9.17, 15) is 10.1 Å². The zero-order valence-electron chi connectivity index (χ0n) is 12.4. The van der Waals surface area contributed by atoms with Crippen LogP contribution in [0, 0.1) is 10.1 Å². The Hall–Kier alpha value is -2.10. The van der Waals surface area contributed by atoms with Crippen LogP contribution in [-0.4, -0.2) is 61.8 Å². The Bertz CT molecular complexity index is 454. The van der Waals surface area contributed by atoms with Crippen LogP contribution in [0.2, 0.25) is 0 Å². The molecule has 0 saturated heterocycles. The van der Waals surface area contributed by atoms with Gasteiger partial charge in [-0.25, -0.2) is 0 Å². The molecule has 0 spiro atoms. The number of methoxy groups -OCH3 is 1. The summed E-state index contributed by atoms with van der Waals surface area (Å²) in [7, 11) is 1.54. The number of nitro benzene ring substituents is 1. The maximum absolute atomic E-state index is 11.3. The summed E-state index contributed by atoms with van der Waals surface area (Å²) >= 11 is 0. The molecule has 0 heterocycles. The first-order valence-corrected chi connectivity index (χ1v) is 6.77. The number of nitrogens with one attached hydrogen (secondary N) is 2. The van der Waals surface area contributed by atoms with Crippen LogP contribution in [0.4, 0.5) is 17.1 Å². The summed E-state index contributed by atoms with van der Waals surface area (Å²) in [5, 5.41) is 34.6. The van der Waals surface area contributed by atoms with E-state index in [1.54, 1.807) is 7.11 Å². The SMILES string of the molecule is COCCOc1cc(NCCO)c([N+](=O)[O-])c(NCCO)c1. The number of benzene rings is 1. The minimum Gasteiger partial charge on any atom is -0.491 e. The highest BCUT2D eigenvalue weighted by molar-refractivity contribution is 5.78.